The van der Waals surface area contributed by atoms with Gasteiger partial charge in [0.25, 0.3) is 0 Å². The Bertz CT molecular complexity index is 1120. The van der Waals surface area contributed by atoms with Crippen LogP contribution in [0.2, 0.25) is 0 Å². The van der Waals surface area contributed by atoms with Crippen molar-refractivity contribution < 1.29 is 0 Å². The van der Waals surface area contributed by atoms with Crippen LogP contribution in [0.5, 0.6) is 0 Å². The predicted octanol–water partition coefficient (Wildman–Crippen LogP) is 4.52. The zero-order valence-corrected chi connectivity index (χ0v) is 15.4. The molecule has 6 nitrogen and oxygen atoms in total. The number of fused-ring (bicyclic) bond motifs is 1. The SMILES string of the molecule is Nc1ccc(-c2csc(N/N=C/c3nc4ccccc4n3C3CC3)n2)cc1. The number of anilines is 2. The first kappa shape index (κ1) is 16.0. The van der Waals surface area contributed by atoms with Crippen LogP contribution in [0.3, 0.4) is 0 Å². The minimum absolute atomic E-state index is 0.538. The van der Waals surface area contributed by atoms with Gasteiger partial charge in [-0.1, -0.05) is 24.3 Å². The third-order valence-corrected chi connectivity index (χ3v) is 5.33. The summed E-state index contributed by atoms with van der Waals surface area (Å²) in [4.78, 5) is 9.29. The molecule has 1 aliphatic carbocycles. The molecule has 0 bridgehead atoms. The molecule has 1 saturated carbocycles. The number of aromatic nitrogens is 3. The van der Waals surface area contributed by atoms with Gasteiger partial charge in [0.1, 0.15) is 0 Å². The van der Waals surface area contributed by atoms with Crippen molar-refractivity contribution in [2.75, 3.05) is 11.2 Å². The third-order valence-electron chi connectivity index (χ3n) is 4.59. The van der Waals surface area contributed by atoms with Crippen LogP contribution in [0.4, 0.5) is 10.8 Å². The van der Waals surface area contributed by atoms with Gasteiger partial charge in [0, 0.05) is 22.7 Å². The molecule has 0 atom stereocenters. The largest absolute Gasteiger partial charge is 0.399 e. The first-order chi connectivity index (χ1) is 13.3. The van der Waals surface area contributed by atoms with Crippen LogP contribution in [-0.4, -0.2) is 20.7 Å². The molecule has 27 heavy (non-hydrogen) atoms. The third kappa shape index (κ3) is 3.17. The van der Waals surface area contributed by atoms with Crippen molar-refractivity contribution in [1.29, 1.82) is 0 Å². The van der Waals surface area contributed by atoms with Crippen molar-refractivity contribution in [2.24, 2.45) is 5.10 Å². The van der Waals surface area contributed by atoms with Crippen molar-refractivity contribution in [3.63, 3.8) is 0 Å². The molecule has 2 aromatic carbocycles. The normalized spacial score (nSPS) is 14.2. The van der Waals surface area contributed by atoms with Gasteiger partial charge in [-0.15, -0.1) is 11.3 Å². The second-order valence-corrected chi connectivity index (χ2v) is 7.45. The summed E-state index contributed by atoms with van der Waals surface area (Å²) in [6, 6.07) is 16.5. The number of hydrogen-bond acceptors (Lipinski definition) is 6. The fraction of sp³-hybridized carbons (Fsp3) is 0.150. The summed E-state index contributed by atoms with van der Waals surface area (Å²) < 4.78 is 2.28. The Morgan fingerprint density at radius 2 is 1.93 bits per heavy atom. The monoisotopic (exact) mass is 374 g/mol. The minimum Gasteiger partial charge on any atom is -0.399 e. The topological polar surface area (TPSA) is 81.1 Å². The van der Waals surface area contributed by atoms with Crippen molar-refractivity contribution in [3.05, 3.63) is 59.7 Å². The molecule has 0 amide bonds. The van der Waals surface area contributed by atoms with Crippen LogP contribution in [0, 0.1) is 0 Å². The Balaban J connectivity index is 1.36. The van der Waals surface area contributed by atoms with Gasteiger partial charge in [-0.3, -0.25) is 5.43 Å². The summed E-state index contributed by atoms with van der Waals surface area (Å²) in [5, 5.41) is 7.11. The van der Waals surface area contributed by atoms with E-state index in [1.807, 2.05) is 41.8 Å². The van der Waals surface area contributed by atoms with E-state index >= 15 is 0 Å². The molecule has 0 unspecified atom stereocenters. The Morgan fingerprint density at radius 3 is 2.74 bits per heavy atom. The van der Waals surface area contributed by atoms with Gasteiger partial charge >= 0.3 is 0 Å². The molecule has 2 heterocycles. The summed E-state index contributed by atoms with van der Waals surface area (Å²) in [5.41, 5.74) is 13.6. The van der Waals surface area contributed by atoms with Crippen LogP contribution in [0.25, 0.3) is 22.3 Å². The van der Waals surface area contributed by atoms with Gasteiger partial charge in [0.05, 0.1) is 22.9 Å². The molecule has 134 valence electrons. The van der Waals surface area contributed by atoms with Gasteiger partial charge in [0.2, 0.25) is 5.13 Å². The summed E-state index contributed by atoms with van der Waals surface area (Å²) in [6.45, 7) is 0. The molecule has 0 spiro atoms. The van der Waals surface area contributed by atoms with E-state index in [-0.39, 0.29) is 0 Å². The van der Waals surface area contributed by atoms with Crippen LogP contribution in [0.1, 0.15) is 24.7 Å². The van der Waals surface area contributed by atoms with Crippen LogP contribution in [0.15, 0.2) is 59.0 Å². The minimum atomic E-state index is 0.538. The van der Waals surface area contributed by atoms with Gasteiger partial charge in [-0.05, 0) is 37.1 Å². The molecule has 7 heteroatoms. The number of rotatable bonds is 5. The fourth-order valence-corrected chi connectivity index (χ4v) is 3.80. The molecule has 4 aromatic rings. The van der Waals surface area contributed by atoms with Crippen molar-refractivity contribution in [1.82, 2.24) is 14.5 Å². The Morgan fingerprint density at radius 1 is 1.11 bits per heavy atom. The lowest BCUT2D eigenvalue weighted by Gasteiger charge is -2.03. The van der Waals surface area contributed by atoms with Crippen molar-refractivity contribution in [3.8, 4) is 11.3 Å². The fourth-order valence-electron chi connectivity index (χ4n) is 3.13. The number of hydrogen-bond donors (Lipinski definition) is 2. The number of thiazole rings is 1. The second kappa shape index (κ2) is 6.51. The Kier molecular flexibility index (Phi) is 3.86. The summed E-state index contributed by atoms with van der Waals surface area (Å²) in [5.74, 6) is 0.876. The lowest BCUT2D eigenvalue weighted by atomic mass is 10.1. The molecule has 5 rings (SSSR count). The van der Waals surface area contributed by atoms with Crippen LogP contribution >= 0.6 is 11.3 Å². The highest BCUT2D eigenvalue weighted by molar-refractivity contribution is 7.14. The van der Waals surface area contributed by atoms with E-state index in [0.717, 1.165) is 33.4 Å². The maximum atomic E-state index is 5.74. The number of nitrogen functional groups attached to an aromatic ring is 1. The van der Waals surface area contributed by atoms with Gasteiger partial charge in [-0.25, -0.2) is 9.97 Å². The number of nitrogens with one attached hydrogen (secondary N) is 1. The first-order valence-electron chi connectivity index (χ1n) is 8.85. The standard InChI is InChI=1S/C20H18N6S/c21-14-7-5-13(6-8-14)17-12-27-20(24-17)25-22-11-19-23-16-3-1-2-4-18(16)26(19)15-9-10-15/h1-8,11-12,15H,9-10,21H2,(H,24,25)/b22-11+. The van der Waals surface area contributed by atoms with Crippen LogP contribution < -0.4 is 11.2 Å². The number of para-hydroxylation sites is 2. The lowest BCUT2D eigenvalue weighted by Crippen LogP contribution is -2.01. The molecule has 1 fully saturated rings. The number of nitrogens with two attached hydrogens (primary N) is 1. The summed E-state index contributed by atoms with van der Waals surface area (Å²) in [6.07, 6.45) is 4.18. The van der Waals surface area contributed by atoms with E-state index in [1.165, 1.54) is 29.7 Å². The van der Waals surface area contributed by atoms with Crippen LogP contribution in [-0.2, 0) is 0 Å². The van der Waals surface area contributed by atoms with Crippen molar-refractivity contribution >= 4 is 39.4 Å². The molecule has 0 saturated heterocycles. The zero-order valence-electron chi connectivity index (χ0n) is 14.5. The van der Waals surface area contributed by atoms with Gasteiger partial charge < -0.3 is 10.3 Å². The quantitative estimate of drug-likeness (QED) is 0.306. The predicted molar refractivity (Wildman–Crippen MR) is 111 cm³/mol. The highest BCUT2D eigenvalue weighted by atomic mass is 32.1. The highest BCUT2D eigenvalue weighted by Crippen LogP contribution is 2.38. The lowest BCUT2D eigenvalue weighted by molar-refractivity contribution is 0.759. The molecular formula is C20H18N6S. The Hall–Kier alpha value is -3.19. The molecule has 0 aliphatic heterocycles. The van der Waals surface area contributed by atoms with Crippen molar-refractivity contribution in [2.45, 2.75) is 18.9 Å². The number of hydrazone groups is 1. The maximum absolute atomic E-state index is 5.74. The average molecular weight is 374 g/mol. The first-order valence-corrected chi connectivity index (χ1v) is 9.73. The van der Waals surface area contributed by atoms with E-state index < -0.39 is 0 Å². The molecule has 2 aromatic heterocycles. The second-order valence-electron chi connectivity index (χ2n) is 6.59. The number of imidazole rings is 1. The zero-order chi connectivity index (χ0) is 18.2. The number of nitrogens with zero attached hydrogens (tertiary/aromatic N) is 4. The summed E-state index contributed by atoms with van der Waals surface area (Å²) >= 11 is 1.52. The van der Waals surface area contributed by atoms with E-state index in [9.17, 15) is 0 Å². The van der Waals surface area contributed by atoms with E-state index in [1.54, 1.807) is 6.21 Å². The summed E-state index contributed by atoms with van der Waals surface area (Å²) in [7, 11) is 0. The average Bonchev–Trinajstić information content (AvgIpc) is 3.29. The van der Waals surface area contributed by atoms with E-state index in [2.05, 4.69) is 32.2 Å². The van der Waals surface area contributed by atoms with E-state index in [0.29, 0.717) is 6.04 Å². The van der Waals surface area contributed by atoms with E-state index in [4.69, 9.17) is 10.7 Å². The molecular weight excluding hydrogens is 356 g/mol. The maximum Gasteiger partial charge on any atom is 0.203 e. The molecule has 3 N–H and O–H groups in total. The molecule has 1 aliphatic rings. The van der Waals surface area contributed by atoms with Gasteiger partial charge in [-0.2, -0.15) is 5.10 Å². The number of benzene rings is 2. The molecule has 0 radical (unpaired) electrons. The highest BCUT2D eigenvalue weighted by Gasteiger charge is 2.27. The van der Waals surface area contributed by atoms with Gasteiger partial charge in [0.15, 0.2) is 5.82 Å². The Labute approximate surface area is 160 Å². The smallest absolute Gasteiger partial charge is 0.203 e.